The number of hydrogen-bond acceptors (Lipinski definition) is 10. The molecule has 3 heterocycles. The maximum absolute atomic E-state index is 13.9. The van der Waals surface area contributed by atoms with Gasteiger partial charge in [0.05, 0.1) is 34.2 Å². The number of thiazole rings is 1. The van der Waals surface area contributed by atoms with Gasteiger partial charge in [-0.3, -0.25) is 29.3 Å². The Morgan fingerprint density at radius 3 is 2.47 bits per heavy atom. The number of nitro benzene ring substituents is 1. The van der Waals surface area contributed by atoms with Crippen molar-refractivity contribution in [1.82, 2.24) is 4.98 Å². The molecule has 1 saturated heterocycles. The van der Waals surface area contributed by atoms with Crippen LogP contribution in [0, 0.1) is 16.0 Å². The smallest absolute Gasteiger partial charge is 0.416 e. The number of aromatic amines is 1. The molecule has 3 unspecified atom stereocenters. The summed E-state index contributed by atoms with van der Waals surface area (Å²) in [6.07, 6.45) is -4.58. The lowest BCUT2D eigenvalue weighted by Gasteiger charge is -2.30. The molecule has 2 N–H and O–H groups in total. The van der Waals surface area contributed by atoms with Crippen LogP contribution in [-0.2, 0) is 20.6 Å². The molecule has 0 radical (unpaired) electrons. The summed E-state index contributed by atoms with van der Waals surface area (Å²) in [7, 11) is 1.34. The van der Waals surface area contributed by atoms with Gasteiger partial charge >= 0.3 is 11.0 Å². The van der Waals surface area contributed by atoms with Crippen molar-refractivity contribution in [2.75, 3.05) is 23.9 Å². The number of carbonyl (C=O) groups is 3. The number of hydrogen-bond donors (Lipinski definition) is 2. The molecule has 3 amide bonds. The van der Waals surface area contributed by atoms with Crippen LogP contribution in [0.3, 0.4) is 0 Å². The zero-order valence-electron chi connectivity index (χ0n) is 23.9. The lowest BCUT2D eigenvalue weighted by Crippen LogP contribution is -2.32. The van der Waals surface area contributed by atoms with E-state index in [0.29, 0.717) is 15.5 Å². The molecule has 6 rings (SSSR count). The number of rotatable bonds is 8. The van der Waals surface area contributed by atoms with E-state index >= 15 is 0 Å². The first-order valence-electron chi connectivity index (χ1n) is 13.7. The van der Waals surface area contributed by atoms with Gasteiger partial charge < -0.3 is 19.8 Å². The third-order valence-corrected chi connectivity index (χ3v) is 9.92. The van der Waals surface area contributed by atoms with Gasteiger partial charge in [0.2, 0.25) is 11.8 Å². The van der Waals surface area contributed by atoms with Gasteiger partial charge in [0.1, 0.15) is 5.25 Å². The second kappa shape index (κ2) is 12.2. The van der Waals surface area contributed by atoms with Crippen LogP contribution in [0.1, 0.15) is 21.9 Å². The summed E-state index contributed by atoms with van der Waals surface area (Å²) in [4.78, 5) is 66.8. The lowest BCUT2D eigenvalue weighted by atomic mass is 9.83. The molecule has 0 spiro atoms. The molecule has 0 saturated carbocycles. The number of imide groups is 1. The minimum absolute atomic E-state index is 0.0692. The largest absolute Gasteiger partial charge is 0.493 e. The van der Waals surface area contributed by atoms with Crippen molar-refractivity contribution in [3.05, 3.63) is 103 Å². The number of nitrogens with one attached hydrogen (secondary N) is 2. The Kier molecular flexibility index (Phi) is 8.27. The van der Waals surface area contributed by atoms with Gasteiger partial charge in [-0.25, -0.2) is 4.90 Å². The van der Waals surface area contributed by atoms with Gasteiger partial charge in [-0.05, 0) is 48.0 Å². The number of carbonyl (C=O) groups excluding carboxylic acids is 3. The zero-order valence-corrected chi connectivity index (χ0v) is 25.5. The fourth-order valence-electron chi connectivity index (χ4n) is 5.46. The standard InChI is InChI=1S/C30H21F3N4O8S2/c1-44-20-11-14(5-10-19(20)45-13-21(38)34-16-4-2-3-15(12-16)30(31,32)33)22-23-25(46-26-24(22)47-29(41)35-26)28(40)36(27(23)39)17-6-8-18(9-7-17)37(42)43/h2-12,22-23,25H,13H2,1H3,(H,34,38)(H,35,41). The molecule has 47 heavy (non-hydrogen) atoms. The fourth-order valence-corrected chi connectivity index (χ4v) is 7.98. The first kappa shape index (κ1) is 31.8. The average Bonchev–Trinajstić information content (AvgIpc) is 3.53. The molecule has 2 aliphatic rings. The molecule has 242 valence electrons. The Morgan fingerprint density at radius 1 is 1.04 bits per heavy atom. The molecule has 0 aliphatic carbocycles. The lowest BCUT2D eigenvalue weighted by molar-refractivity contribution is -0.384. The highest BCUT2D eigenvalue weighted by Gasteiger charge is 2.56. The summed E-state index contributed by atoms with van der Waals surface area (Å²) in [5, 5.41) is 13.0. The molecule has 4 aromatic rings. The van der Waals surface area contributed by atoms with Crippen molar-refractivity contribution in [3.8, 4) is 11.5 Å². The number of non-ortho nitro benzene ring substituents is 1. The highest BCUT2D eigenvalue weighted by molar-refractivity contribution is 8.00. The molecule has 17 heteroatoms. The van der Waals surface area contributed by atoms with E-state index < -0.39 is 58.1 Å². The number of methoxy groups -OCH3 is 1. The van der Waals surface area contributed by atoms with E-state index in [2.05, 4.69) is 10.3 Å². The highest BCUT2D eigenvalue weighted by Crippen LogP contribution is 2.54. The molecule has 12 nitrogen and oxygen atoms in total. The number of amides is 3. The normalized spacial score (nSPS) is 18.8. The Hall–Kier alpha value is -5.16. The second-order valence-corrected chi connectivity index (χ2v) is 12.5. The van der Waals surface area contributed by atoms with Crippen LogP contribution in [0.25, 0.3) is 0 Å². The van der Waals surface area contributed by atoms with Crippen molar-refractivity contribution >= 4 is 57.9 Å². The molecule has 0 bridgehead atoms. The molecule has 3 aromatic carbocycles. The minimum Gasteiger partial charge on any atom is -0.493 e. The van der Waals surface area contributed by atoms with Gasteiger partial charge in [0.25, 0.3) is 11.6 Å². The molecule has 2 aliphatic heterocycles. The minimum atomic E-state index is -4.58. The molecular formula is C30H21F3N4O8S2. The number of fused-ring (bicyclic) bond motifs is 2. The third kappa shape index (κ3) is 6.06. The summed E-state index contributed by atoms with van der Waals surface area (Å²) < 4.78 is 50.2. The Labute approximate surface area is 270 Å². The van der Waals surface area contributed by atoms with Crippen molar-refractivity contribution in [1.29, 1.82) is 0 Å². The van der Waals surface area contributed by atoms with Gasteiger partial charge in [-0.2, -0.15) is 13.2 Å². The van der Waals surface area contributed by atoms with Gasteiger partial charge in [-0.1, -0.05) is 35.2 Å². The Bertz CT molecular complexity index is 1980. The van der Waals surface area contributed by atoms with Crippen LogP contribution in [0.2, 0.25) is 0 Å². The Balaban J connectivity index is 1.26. The third-order valence-electron chi connectivity index (χ3n) is 7.52. The summed E-state index contributed by atoms with van der Waals surface area (Å²) in [5.74, 6) is -3.28. The first-order chi connectivity index (χ1) is 22.3. The van der Waals surface area contributed by atoms with Crippen LogP contribution in [-0.4, -0.2) is 46.6 Å². The number of benzene rings is 3. The average molecular weight is 687 g/mol. The van der Waals surface area contributed by atoms with Crippen molar-refractivity contribution in [2.45, 2.75) is 22.4 Å². The molecule has 1 fully saturated rings. The summed E-state index contributed by atoms with van der Waals surface area (Å²) in [6, 6.07) is 13.8. The van der Waals surface area contributed by atoms with Crippen LogP contribution in [0.5, 0.6) is 11.5 Å². The van der Waals surface area contributed by atoms with E-state index in [1.807, 2.05) is 0 Å². The highest BCUT2D eigenvalue weighted by atomic mass is 32.2. The number of halogens is 3. The Morgan fingerprint density at radius 2 is 1.79 bits per heavy atom. The monoisotopic (exact) mass is 686 g/mol. The predicted molar refractivity (Wildman–Crippen MR) is 164 cm³/mol. The quantitative estimate of drug-likeness (QED) is 0.145. The second-order valence-electron chi connectivity index (χ2n) is 10.4. The van der Waals surface area contributed by atoms with Crippen molar-refractivity contribution in [3.63, 3.8) is 0 Å². The number of alkyl halides is 3. The molecule has 3 atom stereocenters. The van der Waals surface area contributed by atoms with E-state index in [0.717, 1.165) is 46.2 Å². The summed E-state index contributed by atoms with van der Waals surface area (Å²) in [6.45, 7) is -0.572. The number of thioether (sulfide) groups is 1. The van der Waals surface area contributed by atoms with E-state index in [-0.39, 0.29) is 33.4 Å². The number of ether oxygens (including phenoxy) is 2. The maximum atomic E-state index is 13.9. The van der Waals surface area contributed by atoms with E-state index in [9.17, 15) is 42.5 Å². The predicted octanol–water partition coefficient (Wildman–Crippen LogP) is 5.19. The van der Waals surface area contributed by atoms with E-state index in [1.54, 1.807) is 12.1 Å². The van der Waals surface area contributed by atoms with Crippen LogP contribution < -0.4 is 24.6 Å². The fraction of sp³-hybridized carbons (Fsp3) is 0.200. The summed E-state index contributed by atoms with van der Waals surface area (Å²) >= 11 is 1.96. The molecular weight excluding hydrogens is 665 g/mol. The maximum Gasteiger partial charge on any atom is 0.416 e. The SMILES string of the molecule is COc1cc(C2c3sc(=O)[nH]c3SC3C(=O)N(c4ccc([N+](=O)[O-])cc4)C(=O)C32)ccc1OCC(=O)Nc1cccc(C(F)(F)F)c1. The van der Waals surface area contributed by atoms with Crippen LogP contribution in [0.15, 0.2) is 76.6 Å². The van der Waals surface area contributed by atoms with Crippen molar-refractivity contribution in [2.24, 2.45) is 5.92 Å². The van der Waals surface area contributed by atoms with Crippen LogP contribution >= 0.6 is 23.1 Å². The van der Waals surface area contributed by atoms with Gasteiger partial charge in [0.15, 0.2) is 18.1 Å². The van der Waals surface area contributed by atoms with Crippen molar-refractivity contribution < 1.29 is 42.0 Å². The van der Waals surface area contributed by atoms with Crippen LogP contribution in [0.4, 0.5) is 30.2 Å². The number of anilines is 2. The number of nitro groups is 1. The van der Waals surface area contributed by atoms with E-state index in [4.69, 9.17) is 9.47 Å². The number of H-pyrrole nitrogens is 1. The molecule has 1 aromatic heterocycles. The number of nitrogens with zero attached hydrogens (tertiary/aromatic N) is 2. The zero-order chi connectivity index (χ0) is 33.6. The number of aromatic nitrogens is 1. The van der Waals surface area contributed by atoms with E-state index in [1.165, 1.54) is 43.5 Å². The first-order valence-corrected chi connectivity index (χ1v) is 15.3. The topological polar surface area (TPSA) is 161 Å². The summed E-state index contributed by atoms with van der Waals surface area (Å²) in [5.41, 5.74) is -0.534. The van der Waals surface area contributed by atoms with Gasteiger partial charge in [-0.15, -0.1) is 0 Å². The van der Waals surface area contributed by atoms with Gasteiger partial charge in [0, 0.05) is 28.6 Å².